The normalized spacial score (nSPS) is 31.6. The number of benzene rings is 1. The number of nitrogens with zero attached hydrogens (tertiary/aromatic N) is 1. The maximum absolute atomic E-state index is 12.4. The van der Waals surface area contributed by atoms with E-state index in [9.17, 15) is 4.79 Å². The molecule has 2 aliphatic rings. The van der Waals surface area contributed by atoms with Crippen molar-refractivity contribution in [1.82, 2.24) is 10.2 Å². The summed E-state index contributed by atoms with van der Waals surface area (Å²) >= 11 is 0. The molecule has 0 aliphatic carbocycles. The number of hydrogen-bond acceptors (Lipinski definition) is 2. The van der Waals surface area contributed by atoms with Crippen LogP contribution in [0.25, 0.3) is 0 Å². The summed E-state index contributed by atoms with van der Waals surface area (Å²) in [5.41, 5.74) is 0.812. The van der Waals surface area contributed by atoms with Gasteiger partial charge in [-0.3, -0.25) is 4.79 Å². The Bertz CT molecular complexity index is 417. The fraction of sp³-hybridized carbons (Fsp3) is 0.500. The van der Waals surface area contributed by atoms with Crippen LogP contribution in [0.4, 0.5) is 0 Å². The largest absolute Gasteiger partial charge is 0.335 e. The summed E-state index contributed by atoms with van der Waals surface area (Å²) < 4.78 is 0. The van der Waals surface area contributed by atoms with E-state index in [1.165, 1.54) is 0 Å². The lowest BCUT2D eigenvalue weighted by molar-refractivity contribution is 0.0728. The number of fused-ring (bicyclic) bond motifs is 1. The minimum Gasteiger partial charge on any atom is -0.335 e. The third-order valence-corrected chi connectivity index (χ3v) is 4.22. The Morgan fingerprint density at radius 1 is 1.29 bits per heavy atom. The van der Waals surface area contributed by atoms with Gasteiger partial charge in [0.05, 0.1) is 0 Å². The van der Waals surface area contributed by atoms with Gasteiger partial charge in [0.2, 0.25) is 0 Å². The quantitative estimate of drug-likeness (QED) is 0.790. The van der Waals surface area contributed by atoms with Gasteiger partial charge in [0.15, 0.2) is 0 Å². The maximum atomic E-state index is 12.4. The molecule has 1 aromatic rings. The molecule has 1 aromatic carbocycles. The fourth-order valence-electron chi connectivity index (χ4n) is 3.18. The molecule has 3 heteroatoms. The summed E-state index contributed by atoms with van der Waals surface area (Å²) in [5.74, 6) is 1.48. The van der Waals surface area contributed by atoms with Crippen molar-refractivity contribution in [2.75, 3.05) is 19.6 Å². The van der Waals surface area contributed by atoms with Gasteiger partial charge in [-0.2, -0.15) is 0 Å². The van der Waals surface area contributed by atoms with Crippen molar-refractivity contribution in [3.63, 3.8) is 0 Å². The highest BCUT2D eigenvalue weighted by atomic mass is 16.2. The molecule has 3 nitrogen and oxygen atoms in total. The number of likely N-dealkylation sites (tertiary alicyclic amines) is 1. The third-order valence-electron chi connectivity index (χ3n) is 4.22. The van der Waals surface area contributed by atoms with Crippen LogP contribution in [-0.2, 0) is 0 Å². The predicted octanol–water partition coefficient (Wildman–Crippen LogP) is 1.37. The lowest BCUT2D eigenvalue weighted by Gasteiger charge is -2.24. The van der Waals surface area contributed by atoms with Crippen molar-refractivity contribution < 1.29 is 4.79 Å². The van der Waals surface area contributed by atoms with Crippen LogP contribution in [0, 0.1) is 11.8 Å². The number of amides is 1. The Kier molecular flexibility index (Phi) is 2.63. The molecule has 0 saturated carbocycles. The Morgan fingerprint density at radius 3 is 2.76 bits per heavy atom. The highest BCUT2D eigenvalue weighted by Gasteiger charge is 2.43. The third kappa shape index (κ3) is 1.75. The second kappa shape index (κ2) is 4.15. The van der Waals surface area contributed by atoms with Gasteiger partial charge in [0, 0.05) is 31.2 Å². The zero-order chi connectivity index (χ0) is 11.8. The molecule has 3 rings (SSSR count). The summed E-state index contributed by atoms with van der Waals surface area (Å²) in [5, 5.41) is 3.42. The van der Waals surface area contributed by atoms with Crippen molar-refractivity contribution >= 4 is 5.91 Å². The first-order valence-corrected chi connectivity index (χ1v) is 6.34. The summed E-state index contributed by atoms with van der Waals surface area (Å²) in [4.78, 5) is 14.4. The number of hydrogen-bond donors (Lipinski definition) is 1. The van der Waals surface area contributed by atoms with Crippen molar-refractivity contribution in [2.24, 2.45) is 11.8 Å². The Hall–Kier alpha value is -1.35. The van der Waals surface area contributed by atoms with Gasteiger partial charge >= 0.3 is 0 Å². The van der Waals surface area contributed by atoms with Crippen LogP contribution in [0.3, 0.4) is 0 Å². The van der Waals surface area contributed by atoms with E-state index in [0.717, 1.165) is 25.2 Å². The standard InChI is InChI=1S/C14H18N2O/c1-10-13-8-15-7-12(13)9-16(10)14(17)11-5-3-2-4-6-11/h2-6,10,12-13,15H,7-9H2,1H3. The molecule has 1 N–H and O–H groups in total. The number of nitrogens with one attached hydrogen (secondary N) is 1. The van der Waals surface area contributed by atoms with E-state index >= 15 is 0 Å². The van der Waals surface area contributed by atoms with Crippen molar-refractivity contribution in [3.8, 4) is 0 Å². The molecule has 0 aromatic heterocycles. The van der Waals surface area contributed by atoms with E-state index in [2.05, 4.69) is 12.2 Å². The summed E-state index contributed by atoms with van der Waals surface area (Å²) in [6, 6.07) is 9.97. The van der Waals surface area contributed by atoms with Crippen molar-refractivity contribution in [2.45, 2.75) is 13.0 Å². The molecule has 1 amide bonds. The van der Waals surface area contributed by atoms with Gasteiger partial charge in [0.25, 0.3) is 5.91 Å². The van der Waals surface area contributed by atoms with Gasteiger partial charge in [-0.15, -0.1) is 0 Å². The molecule has 3 atom stereocenters. The summed E-state index contributed by atoms with van der Waals surface area (Å²) in [6.45, 7) is 5.21. The molecule has 2 saturated heterocycles. The molecule has 3 unspecified atom stereocenters. The summed E-state index contributed by atoms with van der Waals surface area (Å²) in [6.07, 6.45) is 0. The molecule has 0 spiro atoms. The van der Waals surface area contributed by atoms with Crippen LogP contribution in [0.5, 0.6) is 0 Å². The van der Waals surface area contributed by atoms with Crippen LogP contribution in [0.1, 0.15) is 17.3 Å². The molecule has 0 bridgehead atoms. The molecule has 17 heavy (non-hydrogen) atoms. The maximum Gasteiger partial charge on any atom is 0.254 e. The molecule has 2 fully saturated rings. The van der Waals surface area contributed by atoms with E-state index in [0.29, 0.717) is 17.9 Å². The fourth-order valence-corrected chi connectivity index (χ4v) is 3.18. The summed E-state index contributed by atoms with van der Waals surface area (Å²) in [7, 11) is 0. The Morgan fingerprint density at radius 2 is 2.06 bits per heavy atom. The second-order valence-electron chi connectivity index (χ2n) is 5.15. The average Bonchev–Trinajstić information content (AvgIpc) is 2.93. The van der Waals surface area contributed by atoms with Gasteiger partial charge in [-0.1, -0.05) is 18.2 Å². The lowest BCUT2D eigenvalue weighted by atomic mass is 9.95. The van der Waals surface area contributed by atoms with Gasteiger partial charge in [0.1, 0.15) is 0 Å². The smallest absolute Gasteiger partial charge is 0.254 e. The monoisotopic (exact) mass is 230 g/mol. The molecule has 2 heterocycles. The van der Waals surface area contributed by atoms with E-state index in [4.69, 9.17) is 0 Å². The van der Waals surface area contributed by atoms with Gasteiger partial charge < -0.3 is 10.2 Å². The average molecular weight is 230 g/mol. The minimum absolute atomic E-state index is 0.188. The van der Waals surface area contributed by atoms with Gasteiger partial charge in [-0.05, 0) is 30.9 Å². The first-order valence-electron chi connectivity index (χ1n) is 6.34. The minimum atomic E-state index is 0.188. The number of rotatable bonds is 1. The topological polar surface area (TPSA) is 32.3 Å². The highest BCUT2D eigenvalue weighted by Crippen LogP contribution is 2.33. The number of carbonyl (C=O) groups excluding carboxylic acids is 1. The molecular weight excluding hydrogens is 212 g/mol. The zero-order valence-electron chi connectivity index (χ0n) is 10.1. The van der Waals surface area contributed by atoms with Crippen LogP contribution < -0.4 is 5.32 Å². The SMILES string of the molecule is CC1C2CNCC2CN1C(=O)c1ccccc1. The molecule has 90 valence electrons. The van der Waals surface area contributed by atoms with Crippen LogP contribution >= 0.6 is 0 Å². The zero-order valence-corrected chi connectivity index (χ0v) is 10.1. The second-order valence-corrected chi connectivity index (χ2v) is 5.15. The van der Waals surface area contributed by atoms with Gasteiger partial charge in [-0.25, -0.2) is 0 Å². The van der Waals surface area contributed by atoms with E-state index in [1.807, 2.05) is 35.2 Å². The highest BCUT2D eigenvalue weighted by molar-refractivity contribution is 5.94. The Labute approximate surface area is 102 Å². The lowest BCUT2D eigenvalue weighted by Crippen LogP contribution is -2.38. The van der Waals surface area contributed by atoms with Crippen LogP contribution in [0.2, 0.25) is 0 Å². The van der Waals surface area contributed by atoms with E-state index < -0.39 is 0 Å². The molecule has 0 radical (unpaired) electrons. The Balaban J connectivity index is 1.80. The number of carbonyl (C=O) groups is 1. The first kappa shape index (κ1) is 10.8. The predicted molar refractivity (Wildman–Crippen MR) is 66.8 cm³/mol. The van der Waals surface area contributed by atoms with Crippen molar-refractivity contribution in [1.29, 1.82) is 0 Å². The van der Waals surface area contributed by atoms with E-state index in [-0.39, 0.29) is 5.91 Å². The van der Waals surface area contributed by atoms with Crippen molar-refractivity contribution in [3.05, 3.63) is 35.9 Å². The van der Waals surface area contributed by atoms with Crippen LogP contribution in [-0.4, -0.2) is 36.5 Å². The van der Waals surface area contributed by atoms with Crippen LogP contribution in [0.15, 0.2) is 30.3 Å². The van der Waals surface area contributed by atoms with E-state index in [1.54, 1.807) is 0 Å². The molecule has 2 aliphatic heterocycles. The molecular formula is C14H18N2O. The first-order chi connectivity index (χ1) is 8.27.